The molecule has 1 aromatic heterocycles. The molecule has 4 rings (SSSR count). The van der Waals surface area contributed by atoms with Crippen molar-refractivity contribution < 1.29 is 14.0 Å². The summed E-state index contributed by atoms with van der Waals surface area (Å²) in [5.74, 6) is 0.301. The number of benzene rings is 1. The number of ketones is 1. The maximum absolute atomic E-state index is 12.9. The quantitative estimate of drug-likeness (QED) is 0.732. The van der Waals surface area contributed by atoms with Crippen LogP contribution in [-0.4, -0.2) is 11.7 Å². The van der Waals surface area contributed by atoms with Crippen LogP contribution in [0.3, 0.4) is 0 Å². The third-order valence-electron chi connectivity index (χ3n) is 4.71. The molecule has 1 aliphatic carbocycles. The first-order valence-electron chi connectivity index (χ1n) is 8.14. The van der Waals surface area contributed by atoms with Crippen LogP contribution in [0.4, 0.5) is 5.69 Å². The van der Waals surface area contributed by atoms with E-state index in [9.17, 15) is 9.59 Å². The second-order valence-electron chi connectivity index (χ2n) is 6.23. The van der Waals surface area contributed by atoms with E-state index >= 15 is 0 Å². The van der Waals surface area contributed by atoms with Crippen molar-refractivity contribution in [3.8, 4) is 0 Å². The van der Waals surface area contributed by atoms with E-state index < -0.39 is 0 Å². The van der Waals surface area contributed by atoms with Gasteiger partial charge in [0.1, 0.15) is 5.76 Å². The lowest BCUT2D eigenvalue weighted by Crippen LogP contribution is -2.40. The van der Waals surface area contributed by atoms with Crippen LogP contribution in [0.15, 0.2) is 52.3 Å². The van der Waals surface area contributed by atoms with Crippen LogP contribution in [0, 0.1) is 0 Å². The van der Waals surface area contributed by atoms with Gasteiger partial charge in [-0.2, -0.15) is 0 Å². The Kier molecular flexibility index (Phi) is 4.18. The highest BCUT2D eigenvalue weighted by atomic mass is 35.5. The molecule has 0 bridgehead atoms. The van der Waals surface area contributed by atoms with E-state index in [1.165, 1.54) is 0 Å². The van der Waals surface area contributed by atoms with Gasteiger partial charge in [0.2, 0.25) is 5.91 Å². The Morgan fingerprint density at radius 1 is 1.12 bits per heavy atom. The molecule has 0 radical (unpaired) electrons. The number of halogens is 2. The van der Waals surface area contributed by atoms with Crippen molar-refractivity contribution in [1.29, 1.82) is 0 Å². The summed E-state index contributed by atoms with van der Waals surface area (Å²) >= 11 is 12.3. The van der Waals surface area contributed by atoms with Crippen molar-refractivity contribution >= 4 is 40.6 Å². The van der Waals surface area contributed by atoms with Gasteiger partial charge in [0, 0.05) is 29.1 Å². The fraction of sp³-hybridized carbons (Fsp3) is 0.263. The lowest BCUT2D eigenvalue weighted by atomic mass is 9.79. The molecule has 1 amide bonds. The molecular weight excluding hydrogens is 361 g/mol. The largest absolute Gasteiger partial charge is 0.469 e. The first-order chi connectivity index (χ1) is 12.1. The molecule has 0 spiro atoms. The smallest absolute Gasteiger partial charge is 0.232 e. The van der Waals surface area contributed by atoms with Crippen LogP contribution < -0.4 is 4.90 Å². The lowest BCUT2D eigenvalue weighted by Gasteiger charge is -2.37. The third-order valence-corrected chi connectivity index (χ3v) is 5.25. The first kappa shape index (κ1) is 16.4. The van der Waals surface area contributed by atoms with Gasteiger partial charge in [0.05, 0.1) is 22.9 Å². The molecule has 1 unspecified atom stereocenters. The number of hydrogen-bond acceptors (Lipinski definition) is 3. The van der Waals surface area contributed by atoms with Crippen molar-refractivity contribution in [2.24, 2.45) is 0 Å². The van der Waals surface area contributed by atoms with Gasteiger partial charge >= 0.3 is 0 Å². The maximum Gasteiger partial charge on any atom is 0.232 e. The normalized spacial score (nSPS) is 20.9. The Morgan fingerprint density at radius 3 is 2.68 bits per heavy atom. The topological polar surface area (TPSA) is 50.5 Å². The Balaban J connectivity index is 1.88. The Labute approximate surface area is 155 Å². The number of nitrogens with zero attached hydrogens (tertiary/aromatic N) is 1. The van der Waals surface area contributed by atoms with Crippen molar-refractivity contribution in [3.63, 3.8) is 0 Å². The number of furan rings is 1. The van der Waals surface area contributed by atoms with Gasteiger partial charge in [-0.15, -0.1) is 0 Å². The van der Waals surface area contributed by atoms with E-state index in [4.69, 9.17) is 27.6 Å². The molecule has 0 saturated heterocycles. The monoisotopic (exact) mass is 375 g/mol. The van der Waals surface area contributed by atoms with E-state index in [1.807, 2.05) is 6.07 Å². The molecule has 25 heavy (non-hydrogen) atoms. The number of hydrogen-bond donors (Lipinski definition) is 0. The van der Waals surface area contributed by atoms with Gasteiger partial charge in [0.25, 0.3) is 0 Å². The zero-order chi connectivity index (χ0) is 17.6. The highest BCUT2D eigenvalue weighted by Crippen LogP contribution is 2.45. The molecule has 4 nitrogen and oxygen atoms in total. The fourth-order valence-electron chi connectivity index (χ4n) is 3.67. The highest BCUT2D eigenvalue weighted by molar-refractivity contribution is 6.37. The first-order valence-corrected chi connectivity index (χ1v) is 8.89. The SMILES string of the molecule is O=C1CCCC2=C1C(c1ccco1)CC(=O)N2c1ccc(Cl)cc1Cl. The maximum atomic E-state index is 12.9. The van der Waals surface area contributed by atoms with Crippen LogP contribution in [0.5, 0.6) is 0 Å². The summed E-state index contributed by atoms with van der Waals surface area (Å²) in [4.78, 5) is 27.2. The minimum atomic E-state index is -0.326. The average Bonchev–Trinajstić information content (AvgIpc) is 3.10. The molecule has 1 aromatic carbocycles. The van der Waals surface area contributed by atoms with Gasteiger partial charge in [0.15, 0.2) is 5.78 Å². The van der Waals surface area contributed by atoms with Crippen molar-refractivity contribution in [2.75, 3.05) is 4.90 Å². The number of rotatable bonds is 2. The number of Topliss-reactive ketones (excluding diaryl/α,β-unsaturated/α-hetero) is 1. The second-order valence-corrected chi connectivity index (χ2v) is 7.08. The molecule has 0 fully saturated rings. The predicted octanol–water partition coefficient (Wildman–Crippen LogP) is 5.11. The van der Waals surface area contributed by atoms with E-state index in [0.29, 0.717) is 39.9 Å². The molecule has 2 heterocycles. The van der Waals surface area contributed by atoms with Gasteiger partial charge in [-0.1, -0.05) is 23.2 Å². The summed E-state index contributed by atoms with van der Waals surface area (Å²) in [5.41, 5.74) is 1.97. The second kappa shape index (κ2) is 6.36. The minimum absolute atomic E-state index is 0.0743. The van der Waals surface area contributed by atoms with E-state index in [2.05, 4.69) is 0 Å². The van der Waals surface area contributed by atoms with Crippen LogP contribution in [0.1, 0.15) is 37.4 Å². The summed E-state index contributed by atoms with van der Waals surface area (Å²) in [7, 11) is 0. The molecule has 6 heteroatoms. The van der Waals surface area contributed by atoms with Gasteiger partial charge < -0.3 is 4.42 Å². The van der Waals surface area contributed by atoms with E-state index in [1.54, 1.807) is 35.4 Å². The number of carbonyl (C=O) groups excluding carboxylic acids is 2. The zero-order valence-electron chi connectivity index (χ0n) is 13.3. The van der Waals surface area contributed by atoms with Crippen molar-refractivity contribution in [2.45, 2.75) is 31.6 Å². The number of allylic oxidation sites excluding steroid dienone is 2. The lowest BCUT2D eigenvalue weighted by molar-refractivity contribution is -0.120. The molecule has 1 atom stereocenters. The Bertz CT molecular complexity index is 886. The Hall–Kier alpha value is -2.04. The molecule has 128 valence electrons. The number of amides is 1. The summed E-state index contributed by atoms with van der Waals surface area (Å²) in [6, 6.07) is 8.61. The third kappa shape index (κ3) is 2.79. The molecule has 2 aliphatic rings. The van der Waals surface area contributed by atoms with Gasteiger partial charge in [-0.3, -0.25) is 14.5 Å². The van der Waals surface area contributed by atoms with Crippen molar-refractivity contribution in [3.05, 3.63) is 63.7 Å². The predicted molar refractivity (Wildman–Crippen MR) is 95.9 cm³/mol. The Morgan fingerprint density at radius 2 is 1.96 bits per heavy atom. The summed E-state index contributed by atoms with van der Waals surface area (Å²) in [6.45, 7) is 0. The zero-order valence-corrected chi connectivity index (χ0v) is 14.8. The van der Waals surface area contributed by atoms with Crippen molar-refractivity contribution in [1.82, 2.24) is 0 Å². The fourth-order valence-corrected chi connectivity index (χ4v) is 4.16. The molecular formula is C19H15Cl2NO3. The molecule has 2 aromatic rings. The van der Waals surface area contributed by atoms with Crippen LogP contribution >= 0.6 is 23.2 Å². The highest BCUT2D eigenvalue weighted by Gasteiger charge is 2.41. The van der Waals surface area contributed by atoms with E-state index in [-0.39, 0.29) is 24.0 Å². The number of carbonyl (C=O) groups is 2. The van der Waals surface area contributed by atoms with Crippen LogP contribution in [-0.2, 0) is 9.59 Å². The summed E-state index contributed by atoms with van der Waals surface area (Å²) < 4.78 is 5.50. The standard InChI is InChI=1S/C19H15Cl2NO3/c20-11-6-7-14(13(21)9-11)22-15-3-1-4-16(23)19(15)12(10-18(22)24)17-5-2-8-25-17/h2,5-9,12H,1,3-4,10H2. The minimum Gasteiger partial charge on any atom is -0.469 e. The molecule has 1 aliphatic heterocycles. The van der Waals surface area contributed by atoms with Gasteiger partial charge in [-0.25, -0.2) is 0 Å². The number of anilines is 1. The summed E-state index contributed by atoms with van der Waals surface area (Å²) in [6.07, 6.45) is 3.61. The summed E-state index contributed by atoms with van der Waals surface area (Å²) in [5, 5.41) is 0.891. The molecule has 0 saturated carbocycles. The average molecular weight is 376 g/mol. The van der Waals surface area contributed by atoms with Crippen LogP contribution in [0.2, 0.25) is 10.0 Å². The van der Waals surface area contributed by atoms with Crippen LogP contribution in [0.25, 0.3) is 0 Å². The van der Waals surface area contributed by atoms with Gasteiger partial charge in [-0.05, 0) is 43.2 Å². The molecule has 0 N–H and O–H groups in total. The van der Waals surface area contributed by atoms with E-state index in [0.717, 1.165) is 12.1 Å².